The molecule has 0 atom stereocenters. The highest BCUT2D eigenvalue weighted by Crippen LogP contribution is 2.28. The van der Waals surface area contributed by atoms with Gasteiger partial charge in [-0.3, -0.25) is 10.1 Å². The zero-order chi connectivity index (χ0) is 19.5. The van der Waals surface area contributed by atoms with Gasteiger partial charge in [-0.05, 0) is 17.7 Å². The van der Waals surface area contributed by atoms with Crippen LogP contribution in [-0.4, -0.2) is 26.0 Å². The molecule has 4 rings (SSSR count). The first-order valence-corrected chi connectivity index (χ1v) is 9.67. The maximum absolute atomic E-state index is 12.8. The molecule has 0 unspecified atom stereocenters. The molecule has 4 aromatic rings. The smallest absolute Gasteiger partial charge is 0.276 e. The number of thiazole rings is 1. The van der Waals surface area contributed by atoms with Crippen molar-refractivity contribution in [2.75, 3.05) is 5.32 Å². The average Bonchev–Trinajstić information content (AvgIpc) is 3.39. The van der Waals surface area contributed by atoms with E-state index in [9.17, 15) is 9.90 Å². The molecule has 0 bridgehead atoms. The second-order valence-corrected chi connectivity index (χ2v) is 7.29. The fourth-order valence-electron chi connectivity index (χ4n) is 2.70. The van der Waals surface area contributed by atoms with Crippen molar-refractivity contribution in [2.45, 2.75) is 6.61 Å². The number of rotatable bonds is 5. The lowest BCUT2D eigenvalue weighted by atomic mass is 10.1. The summed E-state index contributed by atoms with van der Waals surface area (Å²) in [6.07, 6.45) is 1.63. The Morgan fingerprint density at radius 2 is 1.82 bits per heavy atom. The third kappa shape index (κ3) is 3.82. The summed E-state index contributed by atoms with van der Waals surface area (Å²) in [6, 6.07) is 14.5. The van der Waals surface area contributed by atoms with Crippen LogP contribution in [0.15, 0.2) is 60.1 Å². The highest BCUT2D eigenvalue weighted by Gasteiger charge is 2.20. The number of aromatic nitrogens is 3. The molecule has 2 heterocycles. The molecular weight excluding hydrogens is 396 g/mol. The van der Waals surface area contributed by atoms with Crippen LogP contribution in [0.4, 0.5) is 5.13 Å². The number of hydrogen-bond acceptors (Lipinski definition) is 5. The van der Waals surface area contributed by atoms with Crippen LogP contribution in [0, 0.1) is 0 Å². The highest BCUT2D eigenvalue weighted by molar-refractivity contribution is 7.13. The minimum Gasteiger partial charge on any atom is -0.392 e. The third-order valence-electron chi connectivity index (χ3n) is 4.11. The van der Waals surface area contributed by atoms with E-state index in [0.717, 1.165) is 16.7 Å². The largest absolute Gasteiger partial charge is 0.392 e. The van der Waals surface area contributed by atoms with E-state index < -0.39 is 0 Å². The van der Waals surface area contributed by atoms with Crippen LogP contribution in [0.25, 0.3) is 22.6 Å². The van der Waals surface area contributed by atoms with Crippen LogP contribution in [0.3, 0.4) is 0 Å². The molecule has 0 saturated heterocycles. The number of H-pyrrole nitrogens is 1. The standard InChI is InChI=1S/C20H15ClN4O2S/c21-15-7-5-13(6-8-15)16-17(19(27)25-20-22-9-10-28-20)24-18(23-16)14-3-1-12(11-26)2-4-14/h1-10,26H,11H2,(H,23,24)(H,22,25,27). The van der Waals surface area contributed by atoms with Crippen molar-refractivity contribution < 1.29 is 9.90 Å². The predicted molar refractivity (Wildman–Crippen MR) is 110 cm³/mol. The summed E-state index contributed by atoms with van der Waals surface area (Å²) in [5, 5.41) is 14.9. The molecule has 2 aromatic heterocycles. The van der Waals surface area contributed by atoms with Gasteiger partial charge in [0.2, 0.25) is 0 Å². The predicted octanol–water partition coefficient (Wildman–Crippen LogP) is 4.60. The molecule has 0 aliphatic carbocycles. The molecule has 28 heavy (non-hydrogen) atoms. The highest BCUT2D eigenvalue weighted by atomic mass is 35.5. The summed E-state index contributed by atoms with van der Waals surface area (Å²) in [5.74, 6) is 0.226. The molecule has 6 nitrogen and oxygen atoms in total. The van der Waals surface area contributed by atoms with Gasteiger partial charge >= 0.3 is 0 Å². The number of halogens is 1. The Labute approximate surface area is 169 Å². The minimum absolute atomic E-state index is 0.0318. The number of carbonyl (C=O) groups excluding carboxylic acids is 1. The van der Waals surface area contributed by atoms with Gasteiger partial charge in [-0.15, -0.1) is 11.3 Å². The van der Waals surface area contributed by atoms with Gasteiger partial charge in [0, 0.05) is 27.7 Å². The molecule has 0 fully saturated rings. The number of nitrogens with zero attached hydrogens (tertiary/aromatic N) is 2. The van der Waals surface area contributed by atoms with Gasteiger partial charge in [-0.25, -0.2) is 9.97 Å². The van der Waals surface area contributed by atoms with E-state index in [0.29, 0.717) is 27.4 Å². The van der Waals surface area contributed by atoms with Crippen LogP contribution in [0.5, 0.6) is 0 Å². The second-order valence-electron chi connectivity index (χ2n) is 5.96. The first-order valence-electron chi connectivity index (χ1n) is 8.41. The van der Waals surface area contributed by atoms with Gasteiger partial charge < -0.3 is 10.1 Å². The number of hydrogen-bond donors (Lipinski definition) is 3. The van der Waals surface area contributed by atoms with Gasteiger partial charge in [-0.2, -0.15) is 0 Å². The number of nitrogens with one attached hydrogen (secondary N) is 2. The Kier molecular flexibility index (Phi) is 5.21. The molecule has 0 spiro atoms. The number of aromatic amines is 1. The van der Waals surface area contributed by atoms with E-state index in [1.807, 2.05) is 36.4 Å². The summed E-state index contributed by atoms with van der Waals surface area (Å²) in [6.45, 7) is -0.0318. The van der Waals surface area contributed by atoms with Crippen molar-refractivity contribution in [3.63, 3.8) is 0 Å². The number of anilines is 1. The fraction of sp³-hybridized carbons (Fsp3) is 0.0500. The Balaban J connectivity index is 1.76. The first-order chi connectivity index (χ1) is 13.6. The summed E-state index contributed by atoms with van der Waals surface area (Å²) in [7, 11) is 0. The average molecular weight is 411 g/mol. The molecule has 0 saturated carbocycles. The Bertz CT molecular complexity index is 1090. The molecule has 2 aromatic carbocycles. The van der Waals surface area contributed by atoms with Crippen LogP contribution < -0.4 is 5.32 Å². The van der Waals surface area contributed by atoms with Crippen molar-refractivity contribution in [3.8, 4) is 22.6 Å². The Morgan fingerprint density at radius 1 is 1.11 bits per heavy atom. The van der Waals surface area contributed by atoms with Crippen molar-refractivity contribution in [2.24, 2.45) is 0 Å². The van der Waals surface area contributed by atoms with Crippen LogP contribution in [0.1, 0.15) is 16.1 Å². The van der Waals surface area contributed by atoms with Gasteiger partial charge in [0.1, 0.15) is 17.2 Å². The van der Waals surface area contributed by atoms with Gasteiger partial charge in [0.25, 0.3) is 5.91 Å². The first kappa shape index (κ1) is 18.4. The molecule has 3 N–H and O–H groups in total. The number of carbonyl (C=O) groups is 1. The zero-order valence-corrected chi connectivity index (χ0v) is 16.1. The SMILES string of the molecule is O=C(Nc1nccs1)c1[nH]c(-c2ccc(CO)cc2)nc1-c1ccc(Cl)cc1. The number of benzene rings is 2. The lowest BCUT2D eigenvalue weighted by molar-refractivity contribution is 0.102. The van der Waals surface area contributed by atoms with Crippen molar-refractivity contribution in [1.82, 2.24) is 15.0 Å². The summed E-state index contributed by atoms with van der Waals surface area (Å²) in [4.78, 5) is 24.7. The van der Waals surface area contributed by atoms with Crippen molar-refractivity contribution >= 4 is 34.0 Å². The topological polar surface area (TPSA) is 90.9 Å². The van der Waals surface area contributed by atoms with Gasteiger partial charge in [-0.1, -0.05) is 48.0 Å². The second kappa shape index (κ2) is 7.93. The quantitative estimate of drug-likeness (QED) is 0.448. The van der Waals surface area contributed by atoms with Crippen molar-refractivity contribution in [1.29, 1.82) is 0 Å². The Hall–Kier alpha value is -3.00. The Morgan fingerprint density at radius 3 is 2.46 bits per heavy atom. The van der Waals surface area contributed by atoms with E-state index in [4.69, 9.17) is 11.6 Å². The number of amides is 1. The minimum atomic E-state index is -0.328. The maximum atomic E-state index is 12.8. The van der Waals surface area contributed by atoms with Crippen LogP contribution >= 0.6 is 22.9 Å². The van der Waals surface area contributed by atoms with E-state index in [1.54, 1.807) is 23.7 Å². The summed E-state index contributed by atoms with van der Waals surface area (Å²) in [5.41, 5.74) is 3.23. The fourth-order valence-corrected chi connectivity index (χ4v) is 3.35. The van der Waals surface area contributed by atoms with Crippen LogP contribution in [-0.2, 0) is 6.61 Å². The molecule has 140 valence electrons. The number of aliphatic hydroxyl groups is 1. The van der Waals surface area contributed by atoms with Gasteiger partial charge in [0.15, 0.2) is 5.13 Å². The lowest BCUT2D eigenvalue weighted by Crippen LogP contribution is -2.13. The normalized spacial score (nSPS) is 10.8. The molecular formula is C20H15ClN4O2S. The van der Waals surface area contributed by atoms with E-state index >= 15 is 0 Å². The molecule has 0 aliphatic heterocycles. The molecule has 8 heteroatoms. The van der Waals surface area contributed by atoms with Gasteiger partial charge in [0.05, 0.1) is 6.61 Å². The summed E-state index contributed by atoms with van der Waals surface area (Å²) < 4.78 is 0. The molecule has 0 radical (unpaired) electrons. The third-order valence-corrected chi connectivity index (χ3v) is 5.05. The summed E-state index contributed by atoms with van der Waals surface area (Å²) >= 11 is 7.33. The van der Waals surface area contributed by atoms with Crippen LogP contribution in [0.2, 0.25) is 5.02 Å². The molecule has 0 aliphatic rings. The molecule has 1 amide bonds. The number of imidazole rings is 1. The van der Waals surface area contributed by atoms with E-state index in [1.165, 1.54) is 11.3 Å². The van der Waals surface area contributed by atoms with Crippen molar-refractivity contribution in [3.05, 3.63) is 76.4 Å². The lowest BCUT2D eigenvalue weighted by Gasteiger charge is -2.03. The number of aliphatic hydroxyl groups excluding tert-OH is 1. The van der Waals surface area contributed by atoms with E-state index in [-0.39, 0.29) is 12.5 Å². The van der Waals surface area contributed by atoms with E-state index in [2.05, 4.69) is 20.3 Å². The zero-order valence-electron chi connectivity index (χ0n) is 14.5. The maximum Gasteiger partial charge on any atom is 0.276 e. The monoisotopic (exact) mass is 410 g/mol.